The number of ether oxygens (including phenoxy) is 10. The summed E-state index contributed by atoms with van der Waals surface area (Å²) in [6.07, 6.45) is 8.56. The number of sulfone groups is 1. The Morgan fingerprint density at radius 3 is 1.08 bits per heavy atom. The lowest BCUT2D eigenvalue weighted by Gasteiger charge is -2.29. The van der Waals surface area contributed by atoms with Gasteiger partial charge in [0.15, 0.2) is 5.69 Å². The van der Waals surface area contributed by atoms with Crippen LogP contribution in [0, 0.1) is 27.7 Å². The molecular formula is C77H99F9N20O15S. The van der Waals surface area contributed by atoms with E-state index < -0.39 is 46.2 Å². The average Bonchev–Trinajstić information content (AvgIpc) is 1.47. The normalized spacial score (nSPS) is 19.2. The van der Waals surface area contributed by atoms with Crippen molar-refractivity contribution in [1.29, 1.82) is 0 Å². The number of hydrogen-bond donors (Lipinski definition) is 6. The van der Waals surface area contributed by atoms with E-state index in [2.05, 4.69) is 86.6 Å². The number of aryl methyl sites for hydroxylation is 4. The first-order valence-corrected chi connectivity index (χ1v) is 42.0. The van der Waals surface area contributed by atoms with Crippen molar-refractivity contribution in [3.63, 3.8) is 0 Å². The van der Waals surface area contributed by atoms with E-state index >= 15 is 0 Å². The molecular weight excluding hydrogens is 1650 g/mol. The molecule has 12 heterocycles. The van der Waals surface area contributed by atoms with Gasteiger partial charge < -0.3 is 73.7 Å². The summed E-state index contributed by atoms with van der Waals surface area (Å²) in [7, 11) is -3.63. The average molecular weight is 1750 g/mol. The van der Waals surface area contributed by atoms with Crippen LogP contribution in [0.4, 0.5) is 62.8 Å². The van der Waals surface area contributed by atoms with Crippen molar-refractivity contribution in [2.75, 3.05) is 93.6 Å². The number of nitrogens with zero attached hydrogens (tertiary/aromatic N) is 15. The summed E-state index contributed by atoms with van der Waals surface area (Å²) >= 11 is 0. The number of alkyl halides is 9. The van der Waals surface area contributed by atoms with E-state index in [9.17, 15) is 62.6 Å². The van der Waals surface area contributed by atoms with Crippen molar-refractivity contribution in [1.82, 2.24) is 79.4 Å². The summed E-state index contributed by atoms with van der Waals surface area (Å²) in [6, 6.07) is 5.91. The molecule has 4 saturated heterocycles. The van der Waals surface area contributed by atoms with Gasteiger partial charge in [0.25, 0.3) is 23.0 Å². The van der Waals surface area contributed by atoms with Crippen LogP contribution in [-0.4, -0.2) is 249 Å². The number of esters is 2. The quantitative estimate of drug-likeness (QED) is 0.0167. The molecule has 4 aliphatic heterocycles. The van der Waals surface area contributed by atoms with Gasteiger partial charge in [-0.1, -0.05) is 0 Å². The highest BCUT2D eigenvalue weighted by atomic mass is 32.2. The molecule has 4 saturated carbocycles. The number of carbonyl (C=O) groups excluding carboxylic acids is 2. The third-order valence-electron chi connectivity index (χ3n) is 20.5. The van der Waals surface area contributed by atoms with Gasteiger partial charge in [-0.3, -0.25) is 5.10 Å². The zero-order valence-electron chi connectivity index (χ0n) is 68.2. The van der Waals surface area contributed by atoms with Gasteiger partial charge in [-0.05, 0) is 104 Å². The second-order valence-electron chi connectivity index (χ2n) is 30.7. The summed E-state index contributed by atoms with van der Waals surface area (Å²) in [5.41, 5.74) is 4.38. The molecule has 35 nitrogen and oxygen atoms in total. The zero-order valence-corrected chi connectivity index (χ0v) is 69.0. The Morgan fingerprint density at radius 2 is 0.787 bits per heavy atom. The summed E-state index contributed by atoms with van der Waals surface area (Å²) in [4.78, 5) is 57.6. The monoisotopic (exact) mass is 1750 g/mol. The molecule has 0 spiro atoms. The summed E-state index contributed by atoms with van der Waals surface area (Å²) < 4.78 is 201. The lowest BCUT2D eigenvalue weighted by Crippen LogP contribution is -2.39. The number of halogens is 9. The number of carbonyl (C=O) groups is 2. The van der Waals surface area contributed by atoms with Gasteiger partial charge in [-0.15, -0.1) is 0 Å². The highest BCUT2D eigenvalue weighted by Gasteiger charge is 2.40. The minimum Gasteiger partial charge on any atom is -0.469 e. The highest BCUT2D eigenvalue weighted by Crippen LogP contribution is 2.39. The van der Waals surface area contributed by atoms with E-state index in [1.807, 2.05) is 6.92 Å². The molecule has 8 fully saturated rings. The predicted octanol–water partition coefficient (Wildman–Crippen LogP) is 10.9. The standard InChI is InChI=1S/C20H25F2N5O4.C18H22F3N5O2.C18H23F2N5O3.C14H19F2N3O4S.C7H10N2O2/c1-3-30-18(28)17-12(2)9-27(26-17)19-24-15(8-16(25-19)31-14-10-29-11-14)23-13-4-6-20(21,22)7-5-13;1-11-8-26(25-14(11)7-19)17-23-15(6-16(24-17)28-13-9-27-10-13)22-12-2-4-18(20,21)5-3-12;1-11-7-25(24-14(11)8-26)17-22-15(6-16(23-17)28-13-9-27-10-13)21-12-2-4-18(19,20)5-3-12;1-24(20,21)13-18-11(6-12(19-13)23-10-7-22-8-10)17-9-2-4-14(15,16)5-3-9;1-3-11-7(10)6-5(2)4-8-9-6/h8-9,13-14H,3-7,10-11H2,1-2H3,(H,23,24,25);6,8,12-13H,2-5,7,9-10H2,1H3,(H,22,23,24);6-7,12-13,26H,2-5,8-10H2,1H3,(H,21,22,23);6,9-10H,2-5,7-8H2,1H3,(H,17,18,19);4H,3H2,1-2H3,(H,8,9). The molecule has 0 radical (unpaired) electrons. The van der Waals surface area contributed by atoms with Crippen molar-refractivity contribution in [2.24, 2.45) is 0 Å². The van der Waals surface area contributed by atoms with Gasteiger partial charge in [-0.2, -0.15) is 55.3 Å². The van der Waals surface area contributed by atoms with Crippen molar-refractivity contribution in [3.8, 4) is 41.4 Å². The number of H-pyrrole nitrogens is 1. The lowest BCUT2D eigenvalue weighted by atomic mass is 9.92. The second-order valence-corrected chi connectivity index (χ2v) is 32.6. The summed E-state index contributed by atoms with van der Waals surface area (Å²) in [5, 5.41) is 40.7. The van der Waals surface area contributed by atoms with Crippen LogP contribution >= 0.6 is 0 Å². The fourth-order valence-corrected chi connectivity index (χ4v) is 13.8. The van der Waals surface area contributed by atoms with Gasteiger partial charge >= 0.3 is 11.9 Å². The fourth-order valence-electron chi connectivity index (χ4n) is 13.2. The lowest BCUT2D eigenvalue weighted by molar-refractivity contribution is -0.0815. The number of aliphatic hydroxyl groups excluding tert-OH is 1. The topological polar surface area (TPSA) is 414 Å². The molecule has 666 valence electrons. The maximum atomic E-state index is 13.5. The molecule has 45 heteroatoms. The molecule has 0 aromatic carbocycles. The minimum atomic E-state index is -3.63. The second kappa shape index (κ2) is 40.3. The first-order valence-electron chi connectivity index (χ1n) is 40.1. The van der Waals surface area contributed by atoms with Crippen LogP contribution in [0.15, 0.2) is 54.2 Å². The number of aromatic nitrogens is 16. The van der Waals surface area contributed by atoms with Gasteiger partial charge in [0.05, 0.1) is 90.3 Å². The summed E-state index contributed by atoms with van der Waals surface area (Å²) in [6.45, 7) is 14.1. The van der Waals surface area contributed by atoms with Crippen molar-refractivity contribution in [2.45, 2.75) is 235 Å². The Labute approximate surface area is 695 Å². The van der Waals surface area contributed by atoms with Crippen LogP contribution in [0.5, 0.6) is 23.5 Å². The Kier molecular flexibility index (Phi) is 30.0. The first kappa shape index (κ1) is 90.8. The smallest absolute Gasteiger partial charge is 0.359 e. The van der Waals surface area contributed by atoms with E-state index in [0.29, 0.717) is 161 Å². The predicted molar refractivity (Wildman–Crippen MR) is 417 cm³/mol. The van der Waals surface area contributed by atoms with E-state index in [1.54, 1.807) is 77.6 Å². The van der Waals surface area contributed by atoms with Gasteiger partial charge in [0.2, 0.25) is 57.0 Å². The van der Waals surface area contributed by atoms with Crippen molar-refractivity contribution >= 4 is 45.0 Å². The molecule has 8 aliphatic rings. The van der Waals surface area contributed by atoms with Gasteiger partial charge in [0, 0.05) is 136 Å². The first-order chi connectivity index (χ1) is 58.1. The molecule has 8 aromatic rings. The van der Waals surface area contributed by atoms with Crippen LogP contribution < -0.4 is 40.2 Å². The Balaban J connectivity index is 0.000000143. The Morgan fingerprint density at radius 1 is 0.467 bits per heavy atom. The van der Waals surface area contributed by atoms with Crippen molar-refractivity contribution < 1.29 is 110 Å². The van der Waals surface area contributed by atoms with E-state index in [0.717, 1.165) is 17.4 Å². The number of rotatable bonds is 26. The van der Waals surface area contributed by atoms with Crippen LogP contribution in [0.25, 0.3) is 17.8 Å². The number of aromatic amines is 1. The van der Waals surface area contributed by atoms with Crippen LogP contribution in [0.2, 0.25) is 0 Å². The van der Waals surface area contributed by atoms with Crippen LogP contribution in [0.1, 0.15) is 171 Å². The number of aliphatic hydroxyl groups is 1. The Hall–Kier alpha value is -10.4. The highest BCUT2D eigenvalue weighted by molar-refractivity contribution is 7.90. The van der Waals surface area contributed by atoms with Crippen LogP contribution in [-0.2, 0) is 51.5 Å². The van der Waals surface area contributed by atoms with E-state index in [-0.39, 0.29) is 172 Å². The molecule has 122 heavy (non-hydrogen) atoms. The molecule has 0 unspecified atom stereocenters. The van der Waals surface area contributed by atoms with Gasteiger partial charge in [-0.25, -0.2) is 76.5 Å². The number of nitrogens with one attached hydrogen (secondary N) is 5. The van der Waals surface area contributed by atoms with Gasteiger partial charge in [0.1, 0.15) is 60.1 Å². The summed E-state index contributed by atoms with van der Waals surface area (Å²) in [5.74, 6) is -7.78. The number of hydrogen-bond acceptors (Lipinski definition) is 31. The third kappa shape index (κ3) is 25.9. The molecule has 16 rings (SSSR count). The molecule has 0 amide bonds. The molecule has 0 bridgehead atoms. The van der Waals surface area contributed by atoms with Crippen LogP contribution in [0.3, 0.4) is 0 Å². The maximum absolute atomic E-state index is 13.5. The van der Waals surface area contributed by atoms with E-state index in [4.69, 9.17) is 47.4 Å². The Bertz CT molecular complexity index is 4780. The zero-order chi connectivity index (χ0) is 87.1. The number of anilines is 4. The van der Waals surface area contributed by atoms with Crippen molar-refractivity contribution in [3.05, 3.63) is 94.1 Å². The third-order valence-corrected chi connectivity index (χ3v) is 21.4. The van der Waals surface area contributed by atoms with E-state index in [1.165, 1.54) is 20.1 Å². The maximum Gasteiger partial charge on any atom is 0.359 e. The molecule has 6 N–H and O–H groups in total. The largest absolute Gasteiger partial charge is 0.469 e. The molecule has 0 atom stereocenters. The molecule has 4 aliphatic carbocycles. The fraction of sp³-hybridized carbons (Fsp3) is 0.610. The molecule has 8 aromatic heterocycles. The SMILES string of the molecule is CCOC(=O)c1[nH]ncc1C.CCOC(=O)c1nn(-c2nc(NC3CCC(F)(F)CC3)cc(OC3COC3)n2)cc1C.CS(=O)(=O)c1nc(NC2CCC(F)(F)CC2)cc(OC2COC2)n1.Cc1cn(-c2nc(NC3CCC(F)(F)CC3)cc(OC3COC3)n2)nc1CF.Cc1cn(-c2nc(NC3CCC(F)(F)CC3)cc(OC3COC3)n2)nc1CO. The minimum absolute atomic E-state index is 0.0728.